The second-order valence-electron chi connectivity index (χ2n) is 4.86. The molecule has 0 aliphatic rings. The van der Waals surface area contributed by atoms with E-state index in [1.165, 1.54) is 19.5 Å². The summed E-state index contributed by atoms with van der Waals surface area (Å²) in [5.41, 5.74) is 0.947. The van der Waals surface area contributed by atoms with Crippen molar-refractivity contribution >= 4 is 0 Å². The molecule has 0 saturated carbocycles. The Hall–Kier alpha value is -3.66. The van der Waals surface area contributed by atoms with Crippen molar-refractivity contribution in [2.45, 2.75) is 0 Å². The monoisotopic (exact) mass is 334 g/mol. The third kappa shape index (κ3) is 3.48. The zero-order valence-corrected chi connectivity index (χ0v) is 13.6. The van der Waals surface area contributed by atoms with Gasteiger partial charge in [0.2, 0.25) is 5.75 Å². The van der Waals surface area contributed by atoms with E-state index in [0.29, 0.717) is 28.6 Å². The van der Waals surface area contributed by atoms with Crippen molar-refractivity contribution < 1.29 is 14.2 Å². The molecule has 124 valence electrons. The van der Waals surface area contributed by atoms with Gasteiger partial charge < -0.3 is 14.2 Å². The Morgan fingerprint density at radius 3 is 2.48 bits per heavy atom. The van der Waals surface area contributed by atoms with Gasteiger partial charge in [-0.25, -0.2) is 9.97 Å². The topological polar surface area (TPSA) is 90.2 Å². The lowest BCUT2D eigenvalue weighted by molar-refractivity contribution is 0.346. The van der Waals surface area contributed by atoms with Crippen molar-refractivity contribution in [1.82, 2.24) is 15.0 Å². The first-order valence-electron chi connectivity index (χ1n) is 7.33. The second kappa shape index (κ2) is 7.27. The summed E-state index contributed by atoms with van der Waals surface area (Å²) in [6, 6.07) is 12.6. The second-order valence-corrected chi connectivity index (χ2v) is 4.86. The molecule has 25 heavy (non-hydrogen) atoms. The summed E-state index contributed by atoms with van der Waals surface area (Å²) in [6.07, 6.45) is 3.04. The molecular weight excluding hydrogens is 320 g/mol. The van der Waals surface area contributed by atoms with Gasteiger partial charge in [-0.05, 0) is 24.3 Å². The van der Waals surface area contributed by atoms with Crippen molar-refractivity contribution in [2.24, 2.45) is 0 Å². The predicted octanol–water partition coefficient (Wildman–Crippen LogP) is 3.22. The summed E-state index contributed by atoms with van der Waals surface area (Å²) in [6.45, 7) is 0. The summed E-state index contributed by atoms with van der Waals surface area (Å²) < 4.78 is 16.4. The van der Waals surface area contributed by atoms with Crippen molar-refractivity contribution in [3.05, 3.63) is 54.5 Å². The molecule has 0 unspecified atom stereocenters. The Balaban J connectivity index is 1.96. The molecule has 0 amide bonds. The molecule has 0 aliphatic carbocycles. The lowest BCUT2D eigenvalue weighted by Crippen LogP contribution is -1.99. The number of pyridine rings is 1. The molecule has 0 radical (unpaired) electrons. The van der Waals surface area contributed by atoms with Gasteiger partial charge in [-0.15, -0.1) is 0 Å². The van der Waals surface area contributed by atoms with Gasteiger partial charge in [-0.1, -0.05) is 12.1 Å². The van der Waals surface area contributed by atoms with Crippen LogP contribution in [0.15, 0.2) is 48.8 Å². The molecule has 0 saturated heterocycles. The van der Waals surface area contributed by atoms with Gasteiger partial charge >= 0.3 is 0 Å². The van der Waals surface area contributed by atoms with Crippen LogP contribution in [0.25, 0.3) is 11.4 Å². The van der Waals surface area contributed by atoms with Crippen LogP contribution in [0.5, 0.6) is 23.1 Å². The van der Waals surface area contributed by atoms with Crippen LogP contribution in [0, 0.1) is 11.3 Å². The Morgan fingerprint density at radius 1 is 0.960 bits per heavy atom. The van der Waals surface area contributed by atoms with E-state index in [0.717, 1.165) is 0 Å². The zero-order chi connectivity index (χ0) is 17.6. The molecule has 2 heterocycles. The van der Waals surface area contributed by atoms with Crippen molar-refractivity contribution in [2.75, 3.05) is 14.2 Å². The van der Waals surface area contributed by atoms with Gasteiger partial charge in [-0.2, -0.15) is 10.2 Å². The van der Waals surface area contributed by atoms with E-state index >= 15 is 0 Å². The molecule has 0 N–H and O–H groups in total. The number of ether oxygens (including phenoxy) is 3. The number of nitrogens with zero attached hydrogens (tertiary/aromatic N) is 4. The van der Waals surface area contributed by atoms with Gasteiger partial charge in [0.25, 0.3) is 5.88 Å². The fraction of sp³-hybridized carbons (Fsp3) is 0.111. The van der Waals surface area contributed by atoms with Crippen LogP contribution in [0.4, 0.5) is 0 Å². The number of aromatic nitrogens is 3. The van der Waals surface area contributed by atoms with Gasteiger partial charge in [0, 0.05) is 11.8 Å². The van der Waals surface area contributed by atoms with Gasteiger partial charge in [0.05, 0.1) is 20.4 Å². The molecule has 2 aromatic heterocycles. The Bertz CT molecular complexity index is 938. The molecule has 7 heteroatoms. The molecule has 7 nitrogen and oxygen atoms in total. The van der Waals surface area contributed by atoms with Crippen LogP contribution in [-0.4, -0.2) is 29.2 Å². The highest BCUT2D eigenvalue weighted by Gasteiger charge is 2.14. The van der Waals surface area contributed by atoms with Gasteiger partial charge in [0.15, 0.2) is 17.3 Å². The fourth-order valence-electron chi connectivity index (χ4n) is 2.16. The van der Waals surface area contributed by atoms with Crippen LogP contribution in [0.3, 0.4) is 0 Å². The minimum Gasteiger partial charge on any atom is -0.493 e. The van der Waals surface area contributed by atoms with E-state index in [1.54, 1.807) is 31.4 Å². The SMILES string of the molecule is COc1ccccc1Oc1cnc(-c2ccnc(C#N)c2)nc1OC. The first-order valence-corrected chi connectivity index (χ1v) is 7.33. The van der Waals surface area contributed by atoms with E-state index in [1.807, 2.05) is 18.2 Å². The molecule has 0 aliphatic heterocycles. The summed E-state index contributed by atoms with van der Waals surface area (Å²) >= 11 is 0. The highest BCUT2D eigenvalue weighted by atomic mass is 16.5. The Morgan fingerprint density at radius 2 is 1.76 bits per heavy atom. The maximum Gasteiger partial charge on any atom is 0.261 e. The first kappa shape index (κ1) is 16.2. The minimum atomic E-state index is 0.270. The quantitative estimate of drug-likeness (QED) is 0.707. The smallest absolute Gasteiger partial charge is 0.261 e. The lowest BCUT2D eigenvalue weighted by Gasteiger charge is -2.12. The number of nitriles is 1. The number of para-hydroxylation sites is 2. The third-order valence-corrected chi connectivity index (χ3v) is 3.34. The zero-order valence-electron chi connectivity index (χ0n) is 13.6. The number of benzene rings is 1. The standard InChI is InChI=1S/C18H14N4O3/c1-23-14-5-3-4-6-15(14)25-16-11-21-17(22-18(16)24-2)12-7-8-20-13(9-12)10-19/h3-9,11H,1-2H3. The molecular formula is C18H14N4O3. The highest BCUT2D eigenvalue weighted by molar-refractivity contribution is 5.58. The fourth-order valence-corrected chi connectivity index (χ4v) is 2.16. The Kier molecular flexibility index (Phi) is 4.72. The number of hydrogen-bond donors (Lipinski definition) is 0. The van der Waals surface area contributed by atoms with E-state index < -0.39 is 0 Å². The average Bonchev–Trinajstić information content (AvgIpc) is 2.68. The van der Waals surface area contributed by atoms with E-state index in [9.17, 15) is 0 Å². The van der Waals surface area contributed by atoms with E-state index in [4.69, 9.17) is 19.5 Å². The largest absolute Gasteiger partial charge is 0.493 e. The van der Waals surface area contributed by atoms with Crippen molar-refractivity contribution in [3.8, 4) is 40.6 Å². The van der Waals surface area contributed by atoms with Crippen LogP contribution in [-0.2, 0) is 0 Å². The van der Waals surface area contributed by atoms with Gasteiger partial charge in [0.1, 0.15) is 11.8 Å². The highest BCUT2D eigenvalue weighted by Crippen LogP contribution is 2.35. The third-order valence-electron chi connectivity index (χ3n) is 3.34. The lowest BCUT2D eigenvalue weighted by atomic mass is 10.2. The van der Waals surface area contributed by atoms with Crippen LogP contribution >= 0.6 is 0 Å². The predicted molar refractivity (Wildman–Crippen MR) is 89.6 cm³/mol. The van der Waals surface area contributed by atoms with Crippen LogP contribution in [0.1, 0.15) is 5.69 Å². The molecule has 3 aromatic rings. The number of hydrogen-bond acceptors (Lipinski definition) is 7. The number of methoxy groups -OCH3 is 2. The van der Waals surface area contributed by atoms with Crippen LogP contribution in [0.2, 0.25) is 0 Å². The van der Waals surface area contributed by atoms with Crippen molar-refractivity contribution in [3.63, 3.8) is 0 Å². The van der Waals surface area contributed by atoms with Crippen molar-refractivity contribution in [1.29, 1.82) is 5.26 Å². The summed E-state index contributed by atoms with van der Waals surface area (Å²) in [7, 11) is 3.06. The summed E-state index contributed by atoms with van der Waals surface area (Å²) in [5, 5.41) is 8.96. The molecule has 0 atom stereocenters. The molecule has 0 fully saturated rings. The summed E-state index contributed by atoms with van der Waals surface area (Å²) in [4.78, 5) is 12.6. The molecule has 0 bridgehead atoms. The van der Waals surface area contributed by atoms with E-state index in [2.05, 4.69) is 15.0 Å². The normalized spacial score (nSPS) is 9.96. The van der Waals surface area contributed by atoms with E-state index in [-0.39, 0.29) is 11.6 Å². The maximum absolute atomic E-state index is 8.96. The molecule has 3 rings (SSSR count). The molecule has 1 aromatic carbocycles. The summed E-state index contributed by atoms with van der Waals surface area (Å²) in [5.74, 6) is 2.14. The van der Waals surface area contributed by atoms with Gasteiger partial charge in [-0.3, -0.25) is 0 Å². The molecule has 0 spiro atoms. The Labute approximate surface area is 144 Å². The number of rotatable bonds is 5. The average molecular weight is 334 g/mol. The van der Waals surface area contributed by atoms with Crippen LogP contribution < -0.4 is 14.2 Å². The minimum absolute atomic E-state index is 0.270. The first-order chi connectivity index (χ1) is 12.2. The maximum atomic E-state index is 8.96.